The Morgan fingerprint density at radius 1 is 1.04 bits per heavy atom. The van der Waals surface area contributed by atoms with E-state index in [4.69, 9.17) is 0 Å². The molecule has 25 heavy (non-hydrogen) atoms. The van der Waals surface area contributed by atoms with Crippen LogP contribution in [0.25, 0.3) is 10.8 Å². The molecule has 1 aliphatic rings. The van der Waals surface area contributed by atoms with E-state index in [-0.39, 0.29) is 0 Å². The van der Waals surface area contributed by atoms with E-state index in [1.54, 1.807) is 0 Å². The van der Waals surface area contributed by atoms with Gasteiger partial charge in [-0.1, -0.05) is 62.7 Å². The monoisotopic (exact) mass is 334 g/mol. The maximum Gasteiger partial charge on any atom is 0.0851 e. The van der Waals surface area contributed by atoms with Crippen molar-refractivity contribution in [2.45, 2.75) is 51.4 Å². The Balaban J connectivity index is 1.81. The maximum absolute atomic E-state index is 10.2. The average molecular weight is 335 g/mol. The third-order valence-corrected chi connectivity index (χ3v) is 5.95. The molecule has 1 fully saturated rings. The Morgan fingerprint density at radius 3 is 2.48 bits per heavy atom. The molecule has 0 spiro atoms. The average Bonchev–Trinajstić information content (AvgIpc) is 3.15. The molecule has 1 atom stereocenters. The van der Waals surface area contributed by atoms with Gasteiger partial charge < -0.3 is 4.90 Å². The van der Waals surface area contributed by atoms with Gasteiger partial charge in [0.15, 0.2) is 0 Å². The summed E-state index contributed by atoms with van der Waals surface area (Å²) in [6.45, 7) is 8.11. The van der Waals surface area contributed by atoms with Crippen LogP contribution in [0.1, 0.15) is 51.5 Å². The third kappa shape index (κ3) is 3.72. The van der Waals surface area contributed by atoms with E-state index in [1.165, 1.54) is 55.2 Å². The molecule has 2 aromatic carbocycles. The Morgan fingerprint density at radius 2 is 1.76 bits per heavy atom. The maximum atomic E-state index is 10.2. The summed E-state index contributed by atoms with van der Waals surface area (Å²) in [5, 5.41) is 12.7. The fourth-order valence-electron chi connectivity index (χ4n) is 4.34. The minimum absolute atomic E-state index is 0.301. The van der Waals surface area contributed by atoms with Gasteiger partial charge in [0.1, 0.15) is 0 Å². The van der Waals surface area contributed by atoms with Crippen LogP contribution in [0.4, 0.5) is 0 Å². The predicted octanol–water partition coefficient (Wildman–Crippen LogP) is 5.52. The van der Waals surface area contributed by atoms with Crippen molar-refractivity contribution in [3.63, 3.8) is 0 Å². The van der Waals surface area contributed by atoms with Crippen LogP contribution in [0, 0.1) is 17.2 Å². The standard InChI is InChI=1S/C23H30N2/c1-19(2)23(18-24,14-5-6-15-25-16-7-8-17-25)22-13-9-11-20-10-3-4-12-21(20)22/h3-4,9-13,19H,5-8,14-17H2,1-2H3. The quantitative estimate of drug-likeness (QED) is 0.623. The summed E-state index contributed by atoms with van der Waals surface area (Å²) in [4.78, 5) is 2.57. The van der Waals surface area contributed by atoms with Crippen molar-refractivity contribution in [1.82, 2.24) is 4.90 Å². The molecule has 1 unspecified atom stereocenters. The summed E-state index contributed by atoms with van der Waals surface area (Å²) in [6.07, 6.45) is 5.96. The number of likely N-dealkylation sites (tertiary alicyclic amines) is 1. The molecule has 2 nitrogen and oxygen atoms in total. The number of benzene rings is 2. The molecule has 2 heteroatoms. The van der Waals surface area contributed by atoms with E-state index >= 15 is 0 Å². The Labute approximate surface area is 152 Å². The van der Waals surface area contributed by atoms with Crippen molar-refractivity contribution in [2.75, 3.05) is 19.6 Å². The number of unbranched alkanes of at least 4 members (excludes halogenated alkanes) is 1. The van der Waals surface area contributed by atoms with E-state index < -0.39 is 5.41 Å². The van der Waals surface area contributed by atoms with E-state index in [0.717, 1.165) is 12.8 Å². The minimum Gasteiger partial charge on any atom is -0.303 e. The normalized spacial score (nSPS) is 17.7. The van der Waals surface area contributed by atoms with E-state index in [1.807, 2.05) is 0 Å². The fraction of sp³-hybridized carbons (Fsp3) is 0.522. The molecule has 2 aromatic rings. The molecule has 0 bridgehead atoms. The lowest BCUT2D eigenvalue weighted by Crippen LogP contribution is -2.31. The van der Waals surface area contributed by atoms with Crippen LogP contribution < -0.4 is 0 Å². The largest absolute Gasteiger partial charge is 0.303 e. The molecular weight excluding hydrogens is 304 g/mol. The van der Waals surface area contributed by atoms with Gasteiger partial charge in [0, 0.05) is 0 Å². The van der Waals surface area contributed by atoms with Crippen LogP contribution in [-0.2, 0) is 5.41 Å². The van der Waals surface area contributed by atoms with Crippen LogP contribution in [0.2, 0.25) is 0 Å². The first-order valence-electron chi connectivity index (χ1n) is 9.79. The highest BCUT2D eigenvalue weighted by Crippen LogP contribution is 2.40. The van der Waals surface area contributed by atoms with Gasteiger partial charge in [-0.15, -0.1) is 0 Å². The lowest BCUT2D eigenvalue weighted by atomic mass is 9.68. The molecule has 0 aromatic heterocycles. The summed E-state index contributed by atoms with van der Waals surface area (Å²) in [7, 11) is 0. The molecule has 0 N–H and O–H groups in total. The van der Waals surface area contributed by atoms with Crippen molar-refractivity contribution in [3.05, 3.63) is 48.0 Å². The summed E-state index contributed by atoms with van der Waals surface area (Å²) in [5.41, 5.74) is 0.815. The topological polar surface area (TPSA) is 27.0 Å². The molecule has 1 aliphatic heterocycles. The van der Waals surface area contributed by atoms with Crippen molar-refractivity contribution in [2.24, 2.45) is 5.92 Å². The van der Waals surface area contributed by atoms with Crippen molar-refractivity contribution in [1.29, 1.82) is 5.26 Å². The predicted molar refractivity (Wildman–Crippen MR) is 106 cm³/mol. The molecule has 0 saturated carbocycles. The number of hydrogen-bond acceptors (Lipinski definition) is 2. The molecule has 3 rings (SSSR count). The molecule has 132 valence electrons. The highest BCUT2D eigenvalue weighted by atomic mass is 15.1. The van der Waals surface area contributed by atoms with Crippen LogP contribution in [0.5, 0.6) is 0 Å². The van der Waals surface area contributed by atoms with Crippen molar-refractivity contribution in [3.8, 4) is 6.07 Å². The summed E-state index contributed by atoms with van der Waals surface area (Å²) in [6, 6.07) is 17.6. The van der Waals surface area contributed by atoms with Gasteiger partial charge in [0.05, 0.1) is 11.5 Å². The van der Waals surface area contributed by atoms with E-state index in [0.29, 0.717) is 5.92 Å². The smallest absolute Gasteiger partial charge is 0.0851 e. The Hall–Kier alpha value is -1.85. The molecule has 1 saturated heterocycles. The molecule has 1 heterocycles. The number of nitriles is 1. The number of fused-ring (bicyclic) bond motifs is 1. The first-order chi connectivity index (χ1) is 12.2. The van der Waals surface area contributed by atoms with E-state index in [2.05, 4.69) is 67.3 Å². The molecule has 0 aliphatic carbocycles. The molecular formula is C23H30N2. The van der Waals surface area contributed by atoms with E-state index in [9.17, 15) is 5.26 Å². The van der Waals surface area contributed by atoms with Crippen molar-refractivity contribution < 1.29 is 0 Å². The lowest BCUT2D eigenvalue weighted by Gasteiger charge is -2.33. The van der Waals surface area contributed by atoms with Crippen molar-refractivity contribution >= 4 is 10.8 Å². The zero-order valence-electron chi connectivity index (χ0n) is 15.7. The molecule has 0 radical (unpaired) electrons. The van der Waals surface area contributed by atoms with Crippen LogP contribution in [0.3, 0.4) is 0 Å². The van der Waals surface area contributed by atoms with Gasteiger partial charge in [-0.05, 0) is 67.6 Å². The van der Waals surface area contributed by atoms with Gasteiger partial charge in [-0.2, -0.15) is 5.26 Å². The number of rotatable bonds is 7. The van der Waals surface area contributed by atoms with Crippen LogP contribution >= 0.6 is 0 Å². The summed E-state index contributed by atoms with van der Waals surface area (Å²) in [5.74, 6) is 0.301. The number of hydrogen-bond donors (Lipinski definition) is 0. The first kappa shape index (κ1) is 18.0. The highest BCUT2D eigenvalue weighted by Gasteiger charge is 2.36. The van der Waals surface area contributed by atoms with Crippen LogP contribution in [0.15, 0.2) is 42.5 Å². The zero-order valence-corrected chi connectivity index (χ0v) is 15.7. The van der Waals surface area contributed by atoms with Gasteiger partial charge in [0.2, 0.25) is 0 Å². The zero-order chi connectivity index (χ0) is 17.7. The van der Waals surface area contributed by atoms with Crippen LogP contribution in [-0.4, -0.2) is 24.5 Å². The highest BCUT2D eigenvalue weighted by molar-refractivity contribution is 5.87. The van der Waals surface area contributed by atoms with Gasteiger partial charge in [0.25, 0.3) is 0 Å². The first-order valence-corrected chi connectivity index (χ1v) is 9.79. The second-order valence-electron chi connectivity index (χ2n) is 7.77. The minimum atomic E-state index is -0.397. The Bertz CT molecular complexity index is 732. The second-order valence-corrected chi connectivity index (χ2v) is 7.77. The van der Waals surface area contributed by atoms with Gasteiger partial charge >= 0.3 is 0 Å². The SMILES string of the molecule is CC(C)C(C#N)(CCCCN1CCCC1)c1cccc2ccccc12. The third-order valence-electron chi connectivity index (χ3n) is 5.95. The lowest BCUT2D eigenvalue weighted by molar-refractivity contribution is 0.307. The second kappa shape index (κ2) is 8.02. The summed E-state index contributed by atoms with van der Waals surface area (Å²) < 4.78 is 0. The Kier molecular flexibility index (Phi) is 5.76. The van der Waals surface area contributed by atoms with Gasteiger partial charge in [-0.25, -0.2) is 0 Å². The summed E-state index contributed by atoms with van der Waals surface area (Å²) >= 11 is 0. The van der Waals surface area contributed by atoms with Gasteiger partial charge in [-0.3, -0.25) is 0 Å². The molecule has 0 amide bonds. The number of nitrogens with zero attached hydrogens (tertiary/aromatic N) is 2. The fourth-order valence-corrected chi connectivity index (χ4v) is 4.34.